The van der Waals surface area contributed by atoms with Crippen LogP contribution in [-0.4, -0.2) is 7.05 Å². The summed E-state index contributed by atoms with van der Waals surface area (Å²) in [5, 5.41) is 3.68. The minimum atomic E-state index is 0.569. The molecule has 0 amide bonds. The lowest BCUT2D eigenvalue weighted by Gasteiger charge is -2.34. The second-order valence-corrected chi connectivity index (χ2v) is 7.13. The highest BCUT2D eigenvalue weighted by molar-refractivity contribution is 5.34. The predicted octanol–water partition coefficient (Wildman–Crippen LogP) is 5.58. The third kappa shape index (κ3) is 3.51. The van der Waals surface area contributed by atoms with Crippen LogP contribution in [0, 0.1) is 5.92 Å². The molecule has 0 bridgehead atoms. The molecule has 0 aromatic heterocycles. The van der Waals surface area contributed by atoms with Crippen LogP contribution < -0.4 is 5.32 Å². The molecule has 1 atom stereocenters. The Labute approximate surface area is 130 Å². The van der Waals surface area contributed by atoms with E-state index in [2.05, 4.69) is 36.6 Å². The zero-order valence-electron chi connectivity index (χ0n) is 13.6. The van der Waals surface area contributed by atoms with Crippen molar-refractivity contribution in [2.45, 2.75) is 76.2 Å². The Morgan fingerprint density at radius 2 is 1.52 bits per heavy atom. The molecule has 1 aromatic carbocycles. The third-order valence-corrected chi connectivity index (χ3v) is 5.81. The van der Waals surface area contributed by atoms with Gasteiger partial charge in [-0.15, -0.1) is 0 Å². The maximum atomic E-state index is 3.68. The van der Waals surface area contributed by atoms with Crippen LogP contribution in [-0.2, 0) is 0 Å². The normalized spacial score (nSPS) is 23.1. The molecular formula is C20H31N. The molecule has 0 heterocycles. The smallest absolute Gasteiger partial charge is 0.0348 e. The molecule has 1 heteroatoms. The molecule has 2 saturated carbocycles. The minimum Gasteiger partial charge on any atom is -0.313 e. The van der Waals surface area contributed by atoms with Gasteiger partial charge in [-0.05, 0) is 55.7 Å². The van der Waals surface area contributed by atoms with Crippen LogP contribution in [0.1, 0.15) is 87.3 Å². The number of nitrogens with one attached hydrogen (secondary N) is 1. The van der Waals surface area contributed by atoms with Crippen molar-refractivity contribution in [3.05, 3.63) is 35.4 Å². The maximum absolute atomic E-state index is 3.68. The average Bonchev–Trinajstić information content (AvgIpc) is 2.41. The highest BCUT2D eigenvalue weighted by Crippen LogP contribution is 2.42. The second-order valence-electron chi connectivity index (χ2n) is 7.13. The summed E-state index contributed by atoms with van der Waals surface area (Å²) in [4.78, 5) is 0. The van der Waals surface area contributed by atoms with Gasteiger partial charge in [0.05, 0.1) is 0 Å². The summed E-state index contributed by atoms with van der Waals surface area (Å²) in [5.41, 5.74) is 3.25. The van der Waals surface area contributed by atoms with Crippen molar-refractivity contribution in [2.75, 3.05) is 7.05 Å². The van der Waals surface area contributed by atoms with Crippen LogP contribution in [0.2, 0.25) is 0 Å². The molecule has 2 aliphatic rings. The summed E-state index contributed by atoms with van der Waals surface area (Å²) >= 11 is 0. The van der Waals surface area contributed by atoms with E-state index in [1.807, 2.05) is 0 Å². The first kappa shape index (κ1) is 15.1. The molecule has 1 N–H and O–H groups in total. The number of hydrogen-bond acceptors (Lipinski definition) is 1. The number of benzene rings is 1. The Bertz CT molecular complexity index is 427. The van der Waals surface area contributed by atoms with Gasteiger partial charge in [-0.25, -0.2) is 0 Å². The summed E-state index contributed by atoms with van der Waals surface area (Å²) in [6.07, 6.45) is 14.2. The van der Waals surface area contributed by atoms with Crippen molar-refractivity contribution < 1.29 is 0 Å². The first-order valence-corrected chi connectivity index (χ1v) is 9.16. The standard InChI is InChI=1S/C20H31N/c1-21-20(17-10-5-3-2-4-6-11-17)19-15-8-7-14-18(19)16-12-9-13-16/h7-8,14-17,20-21H,2-6,9-13H2,1H3. The lowest BCUT2D eigenvalue weighted by atomic mass is 9.74. The van der Waals surface area contributed by atoms with Gasteiger partial charge in [0.25, 0.3) is 0 Å². The largest absolute Gasteiger partial charge is 0.313 e. The van der Waals surface area contributed by atoms with Gasteiger partial charge in [0.1, 0.15) is 0 Å². The highest BCUT2D eigenvalue weighted by atomic mass is 14.9. The molecule has 21 heavy (non-hydrogen) atoms. The summed E-state index contributed by atoms with van der Waals surface area (Å²) < 4.78 is 0. The lowest BCUT2D eigenvalue weighted by molar-refractivity contribution is 0.295. The molecule has 1 nitrogen and oxygen atoms in total. The average molecular weight is 285 g/mol. The molecule has 2 fully saturated rings. The molecule has 2 aliphatic carbocycles. The summed E-state index contributed by atoms with van der Waals surface area (Å²) in [6, 6.07) is 9.84. The molecule has 3 rings (SSSR count). The van der Waals surface area contributed by atoms with Crippen LogP contribution in [0.25, 0.3) is 0 Å². The van der Waals surface area contributed by atoms with Crippen molar-refractivity contribution in [3.8, 4) is 0 Å². The Morgan fingerprint density at radius 3 is 2.14 bits per heavy atom. The van der Waals surface area contributed by atoms with Crippen LogP contribution in [0.3, 0.4) is 0 Å². The lowest BCUT2D eigenvalue weighted by Crippen LogP contribution is -2.28. The van der Waals surface area contributed by atoms with Crippen molar-refractivity contribution in [1.82, 2.24) is 5.32 Å². The van der Waals surface area contributed by atoms with E-state index in [1.165, 1.54) is 64.2 Å². The molecular weight excluding hydrogens is 254 g/mol. The zero-order valence-corrected chi connectivity index (χ0v) is 13.6. The van der Waals surface area contributed by atoms with E-state index in [4.69, 9.17) is 0 Å². The van der Waals surface area contributed by atoms with E-state index in [1.54, 1.807) is 11.1 Å². The van der Waals surface area contributed by atoms with Gasteiger partial charge in [-0.2, -0.15) is 0 Å². The monoisotopic (exact) mass is 285 g/mol. The highest BCUT2D eigenvalue weighted by Gasteiger charge is 2.28. The first-order chi connectivity index (χ1) is 10.4. The van der Waals surface area contributed by atoms with Crippen LogP contribution in [0.5, 0.6) is 0 Å². The zero-order chi connectivity index (χ0) is 14.5. The predicted molar refractivity (Wildman–Crippen MR) is 90.6 cm³/mol. The third-order valence-electron chi connectivity index (χ3n) is 5.81. The Hall–Kier alpha value is -0.820. The molecule has 0 aliphatic heterocycles. The van der Waals surface area contributed by atoms with E-state index < -0.39 is 0 Å². The van der Waals surface area contributed by atoms with Crippen LogP contribution in [0.4, 0.5) is 0 Å². The van der Waals surface area contributed by atoms with Gasteiger partial charge in [-0.3, -0.25) is 0 Å². The maximum Gasteiger partial charge on any atom is 0.0348 e. The van der Waals surface area contributed by atoms with Crippen LogP contribution in [0.15, 0.2) is 24.3 Å². The van der Waals surface area contributed by atoms with E-state index in [9.17, 15) is 0 Å². The van der Waals surface area contributed by atoms with Crippen molar-refractivity contribution >= 4 is 0 Å². The van der Waals surface area contributed by atoms with Crippen molar-refractivity contribution in [2.24, 2.45) is 5.92 Å². The fourth-order valence-electron chi connectivity index (χ4n) is 4.35. The fraction of sp³-hybridized carbons (Fsp3) is 0.700. The van der Waals surface area contributed by atoms with Crippen LogP contribution >= 0.6 is 0 Å². The molecule has 1 aromatic rings. The second kappa shape index (κ2) is 7.45. The molecule has 0 saturated heterocycles. The Morgan fingerprint density at radius 1 is 0.857 bits per heavy atom. The molecule has 0 spiro atoms. The number of rotatable bonds is 4. The Balaban J connectivity index is 1.81. The first-order valence-electron chi connectivity index (χ1n) is 9.16. The summed E-state index contributed by atoms with van der Waals surface area (Å²) in [7, 11) is 2.17. The van der Waals surface area contributed by atoms with Gasteiger partial charge >= 0.3 is 0 Å². The van der Waals surface area contributed by atoms with E-state index >= 15 is 0 Å². The SMILES string of the molecule is CNC(c1ccccc1C1CCC1)C1CCCCCCC1. The molecule has 0 radical (unpaired) electrons. The van der Waals surface area contributed by atoms with Gasteiger partial charge in [0, 0.05) is 6.04 Å². The van der Waals surface area contributed by atoms with E-state index in [0.717, 1.165) is 11.8 Å². The van der Waals surface area contributed by atoms with Gasteiger partial charge < -0.3 is 5.32 Å². The summed E-state index contributed by atoms with van der Waals surface area (Å²) in [5.74, 6) is 1.67. The van der Waals surface area contributed by atoms with Gasteiger partial charge in [0.2, 0.25) is 0 Å². The quantitative estimate of drug-likeness (QED) is 0.762. The Kier molecular flexibility index (Phi) is 5.35. The fourth-order valence-corrected chi connectivity index (χ4v) is 4.35. The molecule has 1 unspecified atom stereocenters. The summed E-state index contributed by atoms with van der Waals surface area (Å²) in [6.45, 7) is 0. The van der Waals surface area contributed by atoms with E-state index in [-0.39, 0.29) is 0 Å². The van der Waals surface area contributed by atoms with Gasteiger partial charge in [-0.1, -0.05) is 62.8 Å². The van der Waals surface area contributed by atoms with E-state index in [0.29, 0.717) is 6.04 Å². The number of hydrogen-bond donors (Lipinski definition) is 1. The van der Waals surface area contributed by atoms with Gasteiger partial charge in [0.15, 0.2) is 0 Å². The van der Waals surface area contributed by atoms with Crippen molar-refractivity contribution in [3.63, 3.8) is 0 Å². The molecule has 116 valence electrons. The topological polar surface area (TPSA) is 12.0 Å². The minimum absolute atomic E-state index is 0.569. The van der Waals surface area contributed by atoms with Crippen molar-refractivity contribution in [1.29, 1.82) is 0 Å².